The molecule has 4 nitrogen and oxygen atoms in total. The number of hydrogen-bond acceptors (Lipinski definition) is 4. The normalized spacial score (nSPS) is 26.8. The third kappa shape index (κ3) is 2.06. The molecule has 2 aliphatic rings. The lowest BCUT2D eigenvalue weighted by molar-refractivity contribution is 0.132. The van der Waals surface area contributed by atoms with Crippen molar-refractivity contribution in [3.05, 3.63) is 23.8 Å². The summed E-state index contributed by atoms with van der Waals surface area (Å²) in [5.74, 6) is 1.65. The van der Waals surface area contributed by atoms with Crippen LogP contribution in [0.3, 0.4) is 0 Å². The first-order chi connectivity index (χ1) is 8.71. The second-order valence-electron chi connectivity index (χ2n) is 5.51. The molecule has 1 unspecified atom stereocenters. The number of aliphatic hydroxyl groups excluding tert-OH is 1. The summed E-state index contributed by atoms with van der Waals surface area (Å²) in [6.45, 7) is 2.57. The fourth-order valence-electron chi connectivity index (χ4n) is 2.97. The zero-order valence-electron chi connectivity index (χ0n) is 10.7. The molecule has 1 aromatic rings. The first-order valence-electron chi connectivity index (χ1n) is 6.39. The summed E-state index contributed by atoms with van der Waals surface area (Å²) in [5, 5.41) is 9.71. The Labute approximate surface area is 107 Å². The van der Waals surface area contributed by atoms with Gasteiger partial charge in [0.2, 0.25) is 6.79 Å². The average molecular weight is 249 g/mol. The molecule has 0 aliphatic carbocycles. The van der Waals surface area contributed by atoms with E-state index in [1.54, 1.807) is 0 Å². The summed E-state index contributed by atoms with van der Waals surface area (Å²) >= 11 is 0. The first-order valence-corrected chi connectivity index (χ1v) is 6.39. The van der Waals surface area contributed by atoms with Gasteiger partial charge < -0.3 is 19.5 Å². The summed E-state index contributed by atoms with van der Waals surface area (Å²) in [7, 11) is 2.11. The fraction of sp³-hybridized carbons (Fsp3) is 0.571. The van der Waals surface area contributed by atoms with Crippen LogP contribution in [-0.4, -0.2) is 43.5 Å². The number of benzene rings is 1. The van der Waals surface area contributed by atoms with E-state index in [0.29, 0.717) is 6.79 Å². The molecule has 1 fully saturated rings. The fourth-order valence-corrected chi connectivity index (χ4v) is 2.97. The smallest absolute Gasteiger partial charge is 0.231 e. The summed E-state index contributed by atoms with van der Waals surface area (Å²) in [4.78, 5) is 2.28. The van der Waals surface area contributed by atoms with Crippen LogP contribution in [0.4, 0.5) is 0 Å². The van der Waals surface area contributed by atoms with Crippen LogP contribution in [0.1, 0.15) is 12.0 Å². The molecule has 1 aromatic carbocycles. The molecule has 1 saturated heterocycles. The highest BCUT2D eigenvalue weighted by atomic mass is 16.7. The number of rotatable bonds is 3. The van der Waals surface area contributed by atoms with Crippen molar-refractivity contribution in [2.45, 2.75) is 12.8 Å². The quantitative estimate of drug-likeness (QED) is 0.876. The molecule has 1 N–H and O–H groups in total. The lowest BCUT2D eigenvalue weighted by Gasteiger charge is -2.26. The van der Waals surface area contributed by atoms with Crippen LogP contribution in [0.5, 0.6) is 11.5 Å². The predicted octanol–water partition coefficient (Wildman–Crippen LogP) is 1.27. The topological polar surface area (TPSA) is 41.9 Å². The van der Waals surface area contributed by atoms with Gasteiger partial charge in [-0.2, -0.15) is 0 Å². The van der Waals surface area contributed by atoms with E-state index < -0.39 is 0 Å². The molecule has 0 saturated carbocycles. The van der Waals surface area contributed by atoms with Crippen molar-refractivity contribution in [1.82, 2.24) is 4.90 Å². The molecule has 0 spiro atoms. The van der Waals surface area contributed by atoms with E-state index >= 15 is 0 Å². The van der Waals surface area contributed by atoms with Gasteiger partial charge in [-0.05, 0) is 44.1 Å². The van der Waals surface area contributed by atoms with Crippen molar-refractivity contribution in [3.63, 3.8) is 0 Å². The summed E-state index contributed by atoms with van der Waals surface area (Å²) in [6, 6.07) is 6.07. The minimum absolute atomic E-state index is 0.00243. The summed E-state index contributed by atoms with van der Waals surface area (Å²) in [6.07, 6.45) is 1.94. The lowest BCUT2D eigenvalue weighted by atomic mass is 9.81. The van der Waals surface area contributed by atoms with Gasteiger partial charge in [0.1, 0.15) is 0 Å². The molecule has 0 aromatic heterocycles. The van der Waals surface area contributed by atoms with Crippen LogP contribution in [0.25, 0.3) is 0 Å². The van der Waals surface area contributed by atoms with E-state index in [0.717, 1.165) is 37.4 Å². The Morgan fingerprint density at radius 3 is 2.89 bits per heavy atom. The highest BCUT2D eigenvalue weighted by molar-refractivity contribution is 5.44. The maximum atomic E-state index is 9.71. The van der Waals surface area contributed by atoms with Crippen LogP contribution in [0, 0.1) is 5.41 Å². The Hall–Kier alpha value is -1.26. The molecular weight excluding hydrogens is 230 g/mol. The summed E-state index contributed by atoms with van der Waals surface area (Å²) < 4.78 is 10.7. The first kappa shape index (κ1) is 11.8. The van der Waals surface area contributed by atoms with Gasteiger partial charge in [-0.1, -0.05) is 6.07 Å². The SMILES string of the molecule is CN1CCC(CO)(Cc2ccc3c(c2)OCO3)C1. The minimum Gasteiger partial charge on any atom is -0.454 e. The van der Waals surface area contributed by atoms with E-state index in [2.05, 4.69) is 18.0 Å². The molecule has 2 aliphatic heterocycles. The van der Waals surface area contributed by atoms with Gasteiger partial charge >= 0.3 is 0 Å². The molecule has 4 heteroatoms. The van der Waals surface area contributed by atoms with E-state index in [4.69, 9.17) is 9.47 Å². The van der Waals surface area contributed by atoms with Gasteiger partial charge in [0.15, 0.2) is 11.5 Å². The summed E-state index contributed by atoms with van der Waals surface area (Å²) in [5.41, 5.74) is 1.21. The minimum atomic E-state index is 0.00243. The van der Waals surface area contributed by atoms with E-state index in [9.17, 15) is 5.11 Å². The third-order valence-electron chi connectivity index (χ3n) is 3.98. The predicted molar refractivity (Wildman–Crippen MR) is 67.9 cm³/mol. The zero-order valence-corrected chi connectivity index (χ0v) is 10.7. The Bertz CT molecular complexity index is 449. The molecule has 18 heavy (non-hydrogen) atoms. The number of ether oxygens (including phenoxy) is 2. The van der Waals surface area contributed by atoms with Crippen molar-refractivity contribution >= 4 is 0 Å². The number of likely N-dealkylation sites (tertiary alicyclic amines) is 1. The van der Waals surface area contributed by atoms with Gasteiger partial charge in [-0.15, -0.1) is 0 Å². The van der Waals surface area contributed by atoms with E-state index in [-0.39, 0.29) is 12.0 Å². The molecular formula is C14H19NO3. The van der Waals surface area contributed by atoms with Gasteiger partial charge in [0, 0.05) is 12.0 Å². The van der Waals surface area contributed by atoms with Crippen LogP contribution < -0.4 is 9.47 Å². The molecule has 0 radical (unpaired) electrons. The van der Waals surface area contributed by atoms with Crippen LogP contribution >= 0.6 is 0 Å². The van der Waals surface area contributed by atoms with Gasteiger partial charge in [-0.25, -0.2) is 0 Å². The molecule has 3 rings (SSSR count). The number of fused-ring (bicyclic) bond motifs is 1. The van der Waals surface area contributed by atoms with E-state index in [1.165, 1.54) is 5.56 Å². The second kappa shape index (κ2) is 4.44. The average Bonchev–Trinajstić information content (AvgIpc) is 2.96. The van der Waals surface area contributed by atoms with Crippen molar-refractivity contribution < 1.29 is 14.6 Å². The largest absolute Gasteiger partial charge is 0.454 e. The Balaban J connectivity index is 1.79. The van der Waals surface area contributed by atoms with Crippen LogP contribution in [-0.2, 0) is 6.42 Å². The Morgan fingerprint density at radius 1 is 1.33 bits per heavy atom. The van der Waals surface area contributed by atoms with Crippen LogP contribution in [0.15, 0.2) is 18.2 Å². The molecule has 0 bridgehead atoms. The van der Waals surface area contributed by atoms with Gasteiger partial charge in [-0.3, -0.25) is 0 Å². The molecule has 0 amide bonds. The lowest BCUT2D eigenvalue weighted by Crippen LogP contribution is -2.31. The molecule has 2 heterocycles. The highest BCUT2D eigenvalue weighted by Gasteiger charge is 2.36. The second-order valence-corrected chi connectivity index (χ2v) is 5.51. The van der Waals surface area contributed by atoms with Crippen molar-refractivity contribution in [1.29, 1.82) is 0 Å². The number of nitrogens with zero attached hydrogens (tertiary/aromatic N) is 1. The number of aliphatic hydroxyl groups is 1. The standard InChI is InChI=1S/C14H19NO3/c1-15-5-4-14(8-15,9-16)7-11-2-3-12-13(6-11)18-10-17-12/h2-3,6,16H,4-5,7-10H2,1H3. The van der Waals surface area contributed by atoms with Gasteiger partial charge in [0.05, 0.1) is 6.61 Å². The maximum Gasteiger partial charge on any atom is 0.231 e. The van der Waals surface area contributed by atoms with Crippen molar-refractivity contribution in [3.8, 4) is 11.5 Å². The van der Waals surface area contributed by atoms with Crippen LogP contribution in [0.2, 0.25) is 0 Å². The zero-order chi connectivity index (χ0) is 12.6. The van der Waals surface area contributed by atoms with E-state index in [1.807, 2.05) is 12.1 Å². The highest BCUT2D eigenvalue weighted by Crippen LogP contribution is 2.37. The Kier molecular flexibility index (Phi) is 2.92. The van der Waals surface area contributed by atoms with Crippen molar-refractivity contribution in [2.75, 3.05) is 33.5 Å². The molecule has 98 valence electrons. The third-order valence-corrected chi connectivity index (χ3v) is 3.98. The monoisotopic (exact) mass is 249 g/mol. The number of hydrogen-bond donors (Lipinski definition) is 1. The molecule has 1 atom stereocenters. The Morgan fingerprint density at radius 2 is 2.17 bits per heavy atom. The maximum absolute atomic E-state index is 9.71. The van der Waals surface area contributed by atoms with Crippen molar-refractivity contribution in [2.24, 2.45) is 5.41 Å². The van der Waals surface area contributed by atoms with Gasteiger partial charge in [0.25, 0.3) is 0 Å².